The van der Waals surface area contributed by atoms with Crippen LogP contribution < -0.4 is 10.6 Å². The molecule has 2 amide bonds. The van der Waals surface area contributed by atoms with Crippen LogP contribution in [0.4, 0.5) is 20.6 Å². The Morgan fingerprint density at radius 3 is 2.48 bits per heavy atom. The number of halogens is 2. The zero-order chi connectivity index (χ0) is 18.6. The molecule has 0 spiro atoms. The maximum atomic E-state index is 13.9. The number of nitrogens with one attached hydrogen (secondary N) is 2. The van der Waals surface area contributed by atoms with Crippen molar-refractivity contribution in [2.45, 2.75) is 26.4 Å². The lowest BCUT2D eigenvalue weighted by atomic mass is 10.2. The third-order valence-corrected chi connectivity index (χ3v) is 3.07. The highest BCUT2D eigenvalue weighted by Crippen LogP contribution is 2.21. The molecule has 6 nitrogen and oxygen atoms in total. The number of rotatable bonds is 3. The Kier molecular flexibility index (Phi) is 5.58. The normalized spacial score (nSPS) is 10.9. The molecule has 0 bridgehead atoms. The monoisotopic (exact) mass is 365 g/mol. The molecule has 0 unspecified atom stereocenters. The molecule has 2 N–H and O–H groups in total. The number of carbonyl (C=O) groups excluding carboxylic acids is 2. The Morgan fingerprint density at radius 2 is 1.88 bits per heavy atom. The van der Waals surface area contributed by atoms with Crippen LogP contribution in [-0.2, 0) is 4.74 Å². The summed E-state index contributed by atoms with van der Waals surface area (Å²) < 4.78 is 19.0. The van der Waals surface area contributed by atoms with Crippen molar-refractivity contribution in [3.8, 4) is 0 Å². The van der Waals surface area contributed by atoms with Gasteiger partial charge in [-0.3, -0.25) is 10.1 Å². The number of ether oxygens (including phenoxy) is 1. The number of carbonyl (C=O) groups is 2. The molecule has 0 saturated carbocycles. The second-order valence-corrected chi connectivity index (χ2v) is 6.53. The van der Waals surface area contributed by atoms with Gasteiger partial charge in [0.15, 0.2) is 0 Å². The number of aromatic nitrogens is 1. The minimum Gasteiger partial charge on any atom is -0.444 e. The van der Waals surface area contributed by atoms with E-state index in [9.17, 15) is 14.0 Å². The van der Waals surface area contributed by atoms with Gasteiger partial charge in [-0.05, 0) is 51.1 Å². The van der Waals surface area contributed by atoms with E-state index in [1.165, 1.54) is 30.5 Å². The van der Waals surface area contributed by atoms with E-state index < -0.39 is 23.4 Å². The number of hydrogen-bond acceptors (Lipinski definition) is 4. The van der Waals surface area contributed by atoms with Crippen molar-refractivity contribution in [2.24, 2.45) is 0 Å². The van der Waals surface area contributed by atoms with Crippen LogP contribution in [0.1, 0.15) is 31.1 Å². The molecule has 1 aromatic heterocycles. The molecule has 25 heavy (non-hydrogen) atoms. The van der Waals surface area contributed by atoms with Crippen molar-refractivity contribution >= 4 is 35.0 Å². The second-order valence-electron chi connectivity index (χ2n) is 6.15. The summed E-state index contributed by atoms with van der Waals surface area (Å²) in [5.74, 6) is -1.21. The van der Waals surface area contributed by atoms with Gasteiger partial charge in [0.1, 0.15) is 16.6 Å². The minimum atomic E-state index is -0.682. The number of nitrogens with zero attached hydrogens (tertiary/aromatic N) is 1. The molecule has 0 saturated heterocycles. The number of benzene rings is 1. The number of amides is 2. The predicted molar refractivity (Wildman–Crippen MR) is 93.5 cm³/mol. The van der Waals surface area contributed by atoms with Gasteiger partial charge < -0.3 is 10.1 Å². The van der Waals surface area contributed by atoms with Crippen molar-refractivity contribution in [3.05, 3.63) is 53.1 Å². The topological polar surface area (TPSA) is 80.3 Å². The van der Waals surface area contributed by atoms with E-state index >= 15 is 0 Å². The average molecular weight is 366 g/mol. The molecule has 8 heteroatoms. The molecule has 0 aliphatic carbocycles. The molecule has 132 valence electrons. The lowest BCUT2D eigenvalue weighted by molar-refractivity contribution is 0.0636. The van der Waals surface area contributed by atoms with Gasteiger partial charge in [0, 0.05) is 11.9 Å². The highest BCUT2D eigenvalue weighted by molar-refractivity contribution is 6.29. The fourth-order valence-corrected chi connectivity index (χ4v) is 1.94. The molecule has 1 aromatic carbocycles. The maximum Gasteiger partial charge on any atom is 0.412 e. The third-order valence-electron chi connectivity index (χ3n) is 2.85. The molecule has 1 heterocycles. The SMILES string of the molecule is CC(C)(C)OC(=O)Nc1ccc(F)c(NC(=O)c2ccc(Cl)nc2)c1. The largest absolute Gasteiger partial charge is 0.444 e. The first-order chi connectivity index (χ1) is 11.6. The van der Waals surface area contributed by atoms with Crippen molar-refractivity contribution in [3.63, 3.8) is 0 Å². The van der Waals surface area contributed by atoms with Crippen LogP contribution in [0.15, 0.2) is 36.5 Å². The lowest BCUT2D eigenvalue weighted by Crippen LogP contribution is -2.27. The van der Waals surface area contributed by atoms with E-state index in [-0.39, 0.29) is 22.1 Å². The van der Waals surface area contributed by atoms with Gasteiger partial charge in [0.05, 0.1) is 11.3 Å². The molecule has 2 aromatic rings. The van der Waals surface area contributed by atoms with E-state index in [0.717, 1.165) is 6.07 Å². The summed E-state index contributed by atoms with van der Waals surface area (Å²) in [4.78, 5) is 27.7. The Morgan fingerprint density at radius 1 is 1.16 bits per heavy atom. The number of anilines is 2. The van der Waals surface area contributed by atoms with Gasteiger partial charge in [-0.2, -0.15) is 0 Å². The average Bonchev–Trinajstić information content (AvgIpc) is 2.49. The summed E-state index contributed by atoms with van der Waals surface area (Å²) in [5, 5.41) is 5.14. The Balaban J connectivity index is 2.12. The molecular weight excluding hydrogens is 349 g/mol. The van der Waals surface area contributed by atoms with Gasteiger partial charge in [0.25, 0.3) is 5.91 Å². The minimum absolute atomic E-state index is 0.0893. The number of pyridine rings is 1. The molecular formula is C17H17ClFN3O3. The fraction of sp³-hybridized carbons (Fsp3) is 0.235. The summed E-state index contributed by atoms with van der Waals surface area (Å²) in [7, 11) is 0. The third kappa shape index (κ3) is 5.72. The van der Waals surface area contributed by atoms with Crippen LogP contribution in [0.2, 0.25) is 5.15 Å². The Hall–Kier alpha value is -2.67. The summed E-state index contributed by atoms with van der Waals surface area (Å²) in [6.45, 7) is 5.18. The second kappa shape index (κ2) is 7.48. The Bertz CT molecular complexity index is 789. The summed E-state index contributed by atoms with van der Waals surface area (Å²) in [6.07, 6.45) is 0.594. The van der Waals surface area contributed by atoms with E-state index in [4.69, 9.17) is 16.3 Å². The first-order valence-electron chi connectivity index (χ1n) is 7.36. The zero-order valence-electron chi connectivity index (χ0n) is 13.9. The van der Waals surface area contributed by atoms with Gasteiger partial charge in [0.2, 0.25) is 0 Å². The molecule has 0 aliphatic heterocycles. The first-order valence-corrected chi connectivity index (χ1v) is 7.74. The van der Waals surface area contributed by atoms with Crippen molar-refractivity contribution in [1.82, 2.24) is 4.98 Å². The molecule has 0 fully saturated rings. The highest BCUT2D eigenvalue weighted by atomic mass is 35.5. The summed E-state index contributed by atoms with van der Waals surface area (Å²) in [5.41, 5.74) is -0.258. The van der Waals surface area contributed by atoms with E-state index in [1.54, 1.807) is 20.8 Å². The zero-order valence-corrected chi connectivity index (χ0v) is 14.6. The van der Waals surface area contributed by atoms with E-state index in [1.807, 2.05) is 0 Å². The van der Waals surface area contributed by atoms with Crippen LogP contribution in [0.25, 0.3) is 0 Å². The van der Waals surface area contributed by atoms with Crippen LogP contribution in [0.5, 0.6) is 0 Å². The summed E-state index contributed by atoms with van der Waals surface area (Å²) in [6, 6.07) is 6.69. The fourth-order valence-electron chi connectivity index (χ4n) is 1.82. The quantitative estimate of drug-likeness (QED) is 0.786. The van der Waals surface area contributed by atoms with Crippen LogP contribution >= 0.6 is 11.6 Å². The molecule has 0 aliphatic rings. The van der Waals surface area contributed by atoms with E-state index in [2.05, 4.69) is 15.6 Å². The lowest BCUT2D eigenvalue weighted by Gasteiger charge is -2.19. The van der Waals surface area contributed by atoms with Crippen LogP contribution in [-0.4, -0.2) is 22.6 Å². The predicted octanol–water partition coefficient (Wildman–Crippen LogP) is 4.47. The summed E-state index contributed by atoms with van der Waals surface area (Å²) >= 11 is 5.66. The van der Waals surface area contributed by atoms with Gasteiger partial charge in [-0.1, -0.05) is 11.6 Å². The first kappa shape index (κ1) is 18.7. The molecule has 2 rings (SSSR count). The maximum absolute atomic E-state index is 13.9. The highest BCUT2D eigenvalue weighted by Gasteiger charge is 2.17. The van der Waals surface area contributed by atoms with Crippen molar-refractivity contribution < 1.29 is 18.7 Å². The standard InChI is InChI=1S/C17H17ClFN3O3/c1-17(2,3)25-16(24)21-11-5-6-12(19)13(8-11)22-15(23)10-4-7-14(18)20-9-10/h4-9H,1-3H3,(H,21,24)(H,22,23). The van der Waals surface area contributed by atoms with Crippen molar-refractivity contribution in [2.75, 3.05) is 10.6 Å². The number of hydrogen-bond donors (Lipinski definition) is 2. The smallest absolute Gasteiger partial charge is 0.412 e. The van der Waals surface area contributed by atoms with Crippen LogP contribution in [0, 0.1) is 5.82 Å². The Labute approximate surface area is 149 Å². The van der Waals surface area contributed by atoms with Gasteiger partial charge >= 0.3 is 6.09 Å². The van der Waals surface area contributed by atoms with Crippen molar-refractivity contribution in [1.29, 1.82) is 0 Å². The molecule has 0 atom stereocenters. The van der Waals surface area contributed by atoms with Gasteiger partial charge in [-0.25, -0.2) is 14.2 Å². The molecule has 0 radical (unpaired) electrons. The van der Waals surface area contributed by atoms with Gasteiger partial charge in [-0.15, -0.1) is 0 Å². The van der Waals surface area contributed by atoms with Crippen LogP contribution in [0.3, 0.4) is 0 Å². The van der Waals surface area contributed by atoms with E-state index in [0.29, 0.717) is 0 Å².